The number of nitrogens with two attached hydrogens (primary N) is 1. The Balaban J connectivity index is 2.18. The minimum absolute atomic E-state index is 0.0993. The van der Waals surface area contributed by atoms with Gasteiger partial charge in [-0.25, -0.2) is 9.97 Å². The number of rotatable bonds is 4. The van der Waals surface area contributed by atoms with E-state index in [-0.39, 0.29) is 5.91 Å². The average molecular weight is 337 g/mol. The van der Waals surface area contributed by atoms with Gasteiger partial charge < -0.3 is 20.4 Å². The molecule has 3 aromatic heterocycles. The second kappa shape index (κ2) is 6.42. The fraction of sp³-hybridized carbons (Fsp3) is 0.250. The largest absolute Gasteiger partial charge is 0.408 e. The standard InChI is InChI=1S/C16H20BN7O/c1-9(25)19-7-10-5-4-6-11(21-10)12-14-13(20-8-23(14)2)16(24(3)17)22-15(12)18/h4-6,8H,7,17H2,1-3H3,(H2,18,22)(H,19,25). The predicted molar refractivity (Wildman–Crippen MR) is 101 cm³/mol. The molecule has 0 aromatic carbocycles. The lowest BCUT2D eigenvalue weighted by atomic mass is 10.1. The van der Waals surface area contributed by atoms with Gasteiger partial charge in [-0.15, -0.1) is 0 Å². The van der Waals surface area contributed by atoms with Gasteiger partial charge in [-0.3, -0.25) is 9.78 Å². The highest BCUT2D eigenvalue weighted by atomic mass is 16.1. The van der Waals surface area contributed by atoms with Gasteiger partial charge in [0.25, 0.3) is 0 Å². The molecule has 25 heavy (non-hydrogen) atoms. The number of imidazole rings is 1. The number of hydrogen-bond acceptors (Lipinski definition) is 6. The van der Waals surface area contributed by atoms with Gasteiger partial charge in [0.15, 0.2) is 0 Å². The summed E-state index contributed by atoms with van der Waals surface area (Å²) in [6.07, 6.45) is 1.74. The van der Waals surface area contributed by atoms with E-state index in [0.717, 1.165) is 22.3 Å². The van der Waals surface area contributed by atoms with Crippen LogP contribution in [0.15, 0.2) is 24.5 Å². The number of fused-ring (bicyclic) bond motifs is 1. The second-order valence-corrected chi connectivity index (χ2v) is 6.07. The molecule has 3 rings (SSSR count). The topological polar surface area (TPSA) is 102 Å². The van der Waals surface area contributed by atoms with E-state index in [2.05, 4.69) is 20.3 Å². The number of nitrogens with one attached hydrogen (secondary N) is 1. The first-order valence-electron chi connectivity index (χ1n) is 7.87. The van der Waals surface area contributed by atoms with Crippen molar-refractivity contribution < 1.29 is 4.79 Å². The fourth-order valence-electron chi connectivity index (χ4n) is 2.73. The maximum absolute atomic E-state index is 11.1. The molecule has 0 aliphatic rings. The molecule has 1 amide bonds. The summed E-state index contributed by atoms with van der Waals surface area (Å²) < 4.78 is 1.91. The molecular formula is C16H20BN7O. The van der Waals surface area contributed by atoms with Gasteiger partial charge in [0.05, 0.1) is 35.3 Å². The number of amides is 1. The monoisotopic (exact) mass is 337 g/mol. The zero-order valence-corrected chi connectivity index (χ0v) is 14.7. The van der Waals surface area contributed by atoms with Crippen LogP contribution < -0.4 is 15.9 Å². The minimum Gasteiger partial charge on any atom is -0.408 e. The fourth-order valence-corrected chi connectivity index (χ4v) is 2.73. The predicted octanol–water partition coefficient (Wildman–Crippen LogP) is 0.233. The molecular weight excluding hydrogens is 317 g/mol. The van der Waals surface area contributed by atoms with Crippen molar-refractivity contribution in [2.45, 2.75) is 13.5 Å². The van der Waals surface area contributed by atoms with Crippen LogP contribution in [0.4, 0.5) is 11.6 Å². The summed E-state index contributed by atoms with van der Waals surface area (Å²) >= 11 is 0. The number of hydrogen-bond donors (Lipinski definition) is 2. The van der Waals surface area contributed by atoms with Crippen molar-refractivity contribution in [2.24, 2.45) is 7.05 Å². The zero-order valence-electron chi connectivity index (χ0n) is 14.7. The molecule has 0 aliphatic carbocycles. The van der Waals surface area contributed by atoms with E-state index in [0.29, 0.717) is 23.9 Å². The van der Waals surface area contributed by atoms with Crippen molar-refractivity contribution in [1.29, 1.82) is 0 Å². The van der Waals surface area contributed by atoms with Crippen molar-refractivity contribution in [2.75, 3.05) is 17.6 Å². The van der Waals surface area contributed by atoms with Crippen LogP contribution in [0.1, 0.15) is 12.6 Å². The van der Waals surface area contributed by atoms with Gasteiger partial charge in [0, 0.05) is 14.0 Å². The van der Waals surface area contributed by atoms with Crippen molar-refractivity contribution in [1.82, 2.24) is 24.8 Å². The van der Waals surface area contributed by atoms with Crippen LogP contribution >= 0.6 is 0 Å². The molecule has 0 atom stereocenters. The van der Waals surface area contributed by atoms with Crippen molar-refractivity contribution in [3.63, 3.8) is 0 Å². The molecule has 3 heterocycles. The van der Waals surface area contributed by atoms with Crippen molar-refractivity contribution >= 4 is 36.6 Å². The molecule has 128 valence electrons. The van der Waals surface area contributed by atoms with Gasteiger partial charge in [-0.05, 0) is 19.2 Å². The van der Waals surface area contributed by atoms with Crippen LogP contribution in [-0.2, 0) is 18.4 Å². The Morgan fingerprint density at radius 2 is 2.16 bits per heavy atom. The van der Waals surface area contributed by atoms with Gasteiger partial charge in [-0.2, -0.15) is 0 Å². The van der Waals surface area contributed by atoms with Crippen LogP contribution in [0.5, 0.6) is 0 Å². The second-order valence-electron chi connectivity index (χ2n) is 6.07. The third-order valence-corrected chi connectivity index (χ3v) is 3.87. The molecule has 0 fully saturated rings. The molecule has 0 saturated heterocycles. The van der Waals surface area contributed by atoms with Crippen molar-refractivity contribution in [3.8, 4) is 11.3 Å². The Kier molecular flexibility index (Phi) is 4.31. The normalized spacial score (nSPS) is 10.8. The molecule has 0 spiro atoms. The summed E-state index contributed by atoms with van der Waals surface area (Å²) in [5.41, 5.74) is 10.1. The maximum atomic E-state index is 11.1. The lowest BCUT2D eigenvalue weighted by Gasteiger charge is -2.16. The lowest BCUT2D eigenvalue weighted by Crippen LogP contribution is -2.19. The van der Waals surface area contributed by atoms with Crippen LogP contribution in [0.25, 0.3) is 22.3 Å². The molecule has 0 radical (unpaired) electrons. The van der Waals surface area contributed by atoms with Crippen LogP contribution in [0, 0.1) is 0 Å². The number of aromatic nitrogens is 4. The minimum atomic E-state index is -0.0993. The summed E-state index contributed by atoms with van der Waals surface area (Å²) in [6.45, 7) is 1.84. The van der Waals surface area contributed by atoms with E-state index in [1.54, 1.807) is 6.33 Å². The summed E-state index contributed by atoms with van der Waals surface area (Å²) in [7, 11) is 5.72. The quantitative estimate of drug-likeness (QED) is 0.661. The van der Waals surface area contributed by atoms with E-state index in [9.17, 15) is 4.79 Å². The Labute approximate surface area is 146 Å². The number of carbonyl (C=O) groups excluding carboxylic acids is 1. The number of pyridine rings is 2. The van der Waals surface area contributed by atoms with Gasteiger partial charge in [0.2, 0.25) is 13.9 Å². The molecule has 0 bridgehead atoms. The molecule has 0 unspecified atom stereocenters. The molecule has 3 N–H and O–H groups in total. The molecule has 0 aliphatic heterocycles. The number of carbonyl (C=O) groups is 1. The van der Waals surface area contributed by atoms with Crippen LogP contribution in [-0.4, -0.2) is 40.5 Å². The van der Waals surface area contributed by atoms with Crippen LogP contribution in [0.2, 0.25) is 0 Å². The van der Waals surface area contributed by atoms with Gasteiger partial charge >= 0.3 is 0 Å². The summed E-state index contributed by atoms with van der Waals surface area (Å²) in [4.78, 5) is 26.6. The van der Waals surface area contributed by atoms with E-state index in [4.69, 9.17) is 5.73 Å². The average Bonchev–Trinajstić information content (AvgIpc) is 2.94. The Bertz CT molecular complexity index is 951. The van der Waals surface area contributed by atoms with Gasteiger partial charge in [0.1, 0.15) is 17.2 Å². The lowest BCUT2D eigenvalue weighted by molar-refractivity contribution is -0.119. The first-order valence-corrected chi connectivity index (χ1v) is 7.87. The van der Waals surface area contributed by atoms with Crippen molar-refractivity contribution in [3.05, 3.63) is 30.2 Å². The Morgan fingerprint density at radius 3 is 2.84 bits per heavy atom. The third kappa shape index (κ3) is 3.12. The smallest absolute Gasteiger partial charge is 0.219 e. The van der Waals surface area contributed by atoms with Gasteiger partial charge in [-0.1, -0.05) is 6.07 Å². The highest BCUT2D eigenvalue weighted by Gasteiger charge is 2.19. The zero-order chi connectivity index (χ0) is 18.1. The highest BCUT2D eigenvalue weighted by molar-refractivity contribution is 6.20. The van der Waals surface area contributed by atoms with E-state index >= 15 is 0 Å². The van der Waals surface area contributed by atoms with E-state index < -0.39 is 0 Å². The molecule has 3 aromatic rings. The summed E-state index contributed by atoms with van der Waals surface area (Å²) in [5.74, 6) is 1.01. The summed E-state index contributed by atoms with van der Waals surface area (Å²) in [6, 6.07) is 5.63. The highest BCUT2D eigenvalue weighted by Crippen LogP contribution is 2.35. The first-order chi connectivity index (χ1) is 11.9. The van der Waals surface area contributed by atoms with Crippen LogP contribution in [0.3, 0.4) is 0 Å². The number of nitrogen functional groups attached to an aromatic ring is 1. The Hall–Kier alpha value is -3.10. The molecule has 9 heteroatoms. The first kappa shape index (κ1) is 16.8. The van der Waals surface area contributed by atoms with E-state index in [1.807, 2.05) is 49.7 Å². The maximum Gasteiger partial charge on any atom is 0.219 e. The van der Waals surface area contributed by atoms with E-state index in [1.165, 1.54) is 6.92 Å². The Morgan fingerprint density at radius 1 is 1.40 bits per heavy atom. The number of nitrogens with zero attached hydrogens (tertiary/aromatic N) is 5. The number of aryl methyl sites for hydroxylation is 1. The molecule has 0 saturated carbocycles. The third-order valence-electron chi connectivity index (χ3n) is 3.87. The molecule has 8 nitrogen and oxygen atoms in total. The number of anilines is 2. The summed E-state index contributed by atoms with van der Waals surface area (Å²) in [5, 5.41) is 2.75. The SMILES string of the molecule is BN(C)c1nc(N)c(-c2cccc(CNC(C)=O)n2)c2c1ncn2C.